The molecule has 2 aromatic rings. The van der Waals surface area contributed by atoms with Crippen molar-refractivity contribution in [3.63, 3.8) is 0 Å². The van der Waals surface area contributed by atoms with E-state index in [0.717, 1.165) is 10.2 Å². The van der Waals surface area contributed by atoms with Crippen molar-refractivity contribution in [2.75, 3.05) is 0 Å². The van der Waals surface area contributed by atoms with Gasteiger partial charge in [0, 0.05) is 21.6 Å². The van der Waals surface area contributed by atoms with E-state index in [1.807, 2.05) is 18.3 Å². The maximum Gasteiger partial charge on any atom is 0.0711 e. The van der Waals surface area contributed by atoms with Gasteiger partial charge in [0.25, 0.3) is 0 Å². The molecule has 0 aliphatic heterocycles. The van der Waals surface area contributed by atoms with Crippen LogP contribution in [0.1, 0.15) is 0 Å². The SMILES string of the molecule is Brc1ccc(-c2ccsc2)nc1. The molecule has 60 valence electrons. The van der Waals surface area contributed by atoms with Gasteiger partial charge in [0.2, 0.25) is 0 Å². The molecule has 2 rings (SSSR count). The van der Waals surface area contributed by atoms with Gasteiger partial charge in [-0.25, -0.2) is 0 Å². The van der Waals surface area contributed by atoms with Crippen LogP contribution < -0.4 is 0 Å². The van der Waals surface area contributed by atoms with Crippen molar-refractivity contribution < 1.29 is 0 Å². The van der Waals surface area contributed by atoms with Crippen LogP contribution >= 0.6 is 27.3 Å². The predicted octanol–water partition coefficient (Wildman–Crippen LogP) is 3.57. The van der Waals surface area contributed by atoms with E-state index >= 15 is 0 Å². The summed E-state index contributed by atoms with van der Waals surface area (Å²) < 4.78 is 1.02. The third-order valence-electron chi connectivity index (χ3n) is 1.54. The van der Waals surface area contributed by atoms with E-state index in [4.69, 9.17) is 0 Å². The fourth-order valence-electron chi connectivity index (χ4n) is 0.957. The molecular formula is C9H6BrNS. The second-order valence-corrected chi connectivity index (χ2v) is 4.07. The molecule has 0 saturated carbocycles. The number of hydrogen-bond acceptors (Lipinski definition) is 2. The number of thiophene rings is 1. The molecule has 2 heterocycles. The standard InChI is InChI=1S/C9H6BrNS/c10-8-1-2-9(11-5-8)7-3-4-12-6-7/h1-6H. The molecule has 12 heavy (non-hydrogen) atoms. The quantitative estimate of drug-likeness (QED) is 0.742. The van der Waals surface area contributed by atoms with Crippen LogP contribution in [0.25, 0.3) is 11.3 Å². The molecule has 0 radical (unpaired) electrons. The Bertz CT molecular complexity index is 353. The van der Waals surface area contributed by atoms with E-state index < -0.39 is 0 Å². The molecule has 0 saturated heterocycles. The summed E-state index contributed by atoms with van der Waals surface area (Å²) in [5, 5.41) is 4.15. The van der Waals surface area contributed by atoms with Gasteiger partial charge in [0.05, 0.1) is 5.69 Å². The molecule has 3 heteroatoms. The Kier molecular flexibility index (Phi) is 2.23. The van der Waals surface area contributed by atoms with Gasteiger partial charge in [-0.05, 0) is 39.5 Å². The third kappa shape index (κ3) is 1.57. The molecule has 0 atom stereocenters. The first-order chi connectivity index (χ1) is 5.86. The van der Waals surface area contributed by atoms with Gasteiger partial charge in [0.15, 0.2) is 0 Å². The van der Waals surface area contributed by atoms with Crippen molar-refractivity contribution in [2.45, 2.75) is 0 Å². The highest BCUT2D eigenvalue weighted by molar-refractivity contribution is 9.10. The summed E-state index contributed by atoms with van der Waals surface area (Å²) in [6, 6.07) is 6.08. The molecule has 0 aromatic carbocycles. The summed E-state index contributed by atoms with van der Waals surface area (Å²) >= 11 is 5.04. The third-order valence-corrected chi connectivity index (χ3v) is 2.70. The molecule has 0 N–H and O–H groups in total. The maximum atomic E-state index is 4.28. The predicted molar refractivity (Wildman–Crippen MR) is 55.3 cm³/mol. The monoisotopic (exact) mass is 239 g/mol. The summed E-state index contributed by atoms with van der Waals surface area (Å²) in [6.07, 6.45) is 1.81. The molecule has 0 aliphatic rings. The number of pyridine rings is 1. The minimum Gasteiger partial charge on any atom is -0.255 e. The lowest BCUT2D eigenvalue weighted by molar-refractivity contribution is 1.31. The largest absolute Gasteiger partial charge is 0.255 e. The van der Waals surface area contributed by atoms with Crippen molar-refractivity contribution in [1.29, 1.82) is 0 Å². The summed E-state index contributed by atoms with van der Waals surface area (Å²) in [7, 11) is 0. The fourth-order valence-corrected chi connectivity index (χ4v) is 1.84. The topological polar surface area (TPSA) is 12.9 Å². The number of halogens is 1. The van der Waals surface area contributed by atoms with E-state index in [0.29, 0.717) is 0 Å². The van der Waals surface area contributed by atoms with Crippen LogP contribution in [0.4, 0.5) is 0 Å². The molecular weight excluding hydrogens is 234 g/mol. The number of hydrogen-bond donors (Lipinski definition) is 0. The Morgan fingerprint density at radius 1 is 1.25 bits per heavy atom. The molecule has 0 fully saturated rings. The summed E-state index contributed by atoms with van der Waals surface area (Å²) in [4.78, 5) is 4.28. The van der Waals surface area contributed by atoms with Crippen molar-refractivity contribution in [3.05, 3.63) is 39.6 Å². The lowest BCUT2D eigenvalue weighted by Gasteiger charge is -1.95. The molecule has 0 spiro atoms. The van der Waals surface area contributed by atoms with Crippen molar-refractivity contribution in [2.24, 2.45) is 0 Å². The first kappa shape index (κ1) is 7.95. The van der Waals surface area contributed by atoms with Crippen LogP contribution in [0.3, 0.4) is 0 Å². The second-order valence-electron chi connectivity index (χ2n) is 2.37. The van der Waals surface area contributed by atoms with Crippen LogP contribution in [-0.2, 0) is 0 Å². The molecule has 0 aliphatic carbocycles. The lowest BCUT2D eigenvalue weighted by Crippen LogP contribution is -1.78. The Balaban J connectivity index is 2.43. The van der Waals surface area contributed by atoms with Gasteiger partial charge in [-0.15, -0.1) is 0 Å². The molecule has 1 nitrogen and oxygen atoms in total. The highest BCUT2D eigenvalue weighted by Crippen LogP contribution is 2.20. The highest BCUT2D eigenvalue weighted by Gasteiger charge is 1.97. The van der Waals surface area contributed by atoms with E-state index in [-0.39, 0.29) is 0 Å². The second kappa shape index (κ2) is 3.37. The Labute approximate surface area is 83.2 Å². The Hall–Kier alpha value is -0.670. The number of aromatic nitrogens is 1. The van der Waals surface area contributed by atoms with Crippen molar-refractivity contribution >= 4 is 27.3 Å². The van der Waals surface area contributed by atoms with Crippen LogP contribution in [-0.4, -0.2) is 4.98 Å². The first-order valence-electron chi connectivity index (χ1n) is 3.50. The van der Waals surface area contributed by atoms with Crippen LogP contribution in [0.5, 0.6) is 0 Å². The molecule has 0 bridgehead atoms. The van der Waals surface area contributed by atoms with E-state index in [2.05, 4.69) is 37.7 Å². The molecule has 0 amide bonds. The summed E-state index contributed by atoms with van der Waals surface area (Å²) in [5.41, 5.74) is 2.21. The van der Waals surface area contributed by atoms with Crippen LogP contribution in [0.15, 0.2) is 39.6 Å². The fraction of sp³-hybridized carbons (Fsp3) is 0. The minimum absolute atomic E-state index is 1.02. The zero-order chi connectivity index (χ0) is 8.39. The van der Waals surface area contributed by atoms with Gasteiger partial charge in [0.1, 0.15) is 0 Å². The molecule has 2 aromatic heterocycles. The number of nitrogens with zero attached hydrogens (tertiary/aromatic N) is 1. The van der Waals surface area contributed by atoms with E-state index in [1.54, 1.807) is 11.3 Å². The number of rotatable bonds is 1. The zero-order valence-electron chi connectivity index (χ0n) is 6.20. The van der Waals surface area contributed by atoms with Gasteiger partial charge in [-0.1, -0.05) is 0 Å². The van der Waals surface area contributed by atoms with E-state index in [9.17, 15) is 0 Å². The average molecular weight is 240 g/mol. The van der Waals surface area contributed by atoms with Gasteiger partial charge in [-0.2, -0.15) is 11.3 Å². The lowest BCUT2D eigenvalue weighted by atomic mass is 10.2. The van der Waals surface area contributed by atoms with Crippen LogP contribution in [0, 0.1) is 0 Å². The summed E-state index contributed by atoms with van der Waals surface area (Å²) in [5.74, 6) is 0. The molecule has 0 unspecified atom stereocenters. The van der Waals surface area contributed by atoms with Gasteiger partial charge < -0.3 is 0 Å². The minimum atomic E-state index is 1.02. The smallest absolute Gasteiger partial charge is 0.0711 e. The average Bonchev–Trinajstić information content (AvgIpc) is 2.58. The van der Waals surface area contributed by atoms with Gasteiger partial charge >= 0.3 is 0 Å². The van der Waals surface area contributed by atoms with Crippen molar-refractivity contribution in [1.82, 2.24) is 4.98 Å². The normalized spacial score (nSPS) is 10.1. The van der Waals surface area contributed by atoms with E-state index in [1.165, 1.54) is 5.56 Å². The first-order valence-corrected chi connectivity index (χ1v) is 5.24. The highest BCUT2D eigenvalue weighted by atomic mass is 79.9. The van der Waals surface area contributed by atoms with Crippen LogP contribution in [0.2, 0.25) is 0 Å². The maximum absolute atomic E-state index is 4.28. The van der Waals surface area contributed by atoms with Gasteiger partial charge in [-0.3, -0.25) is 4.98 Å². The summed E-state index contributed by atoms with van der Waals surface area (Å²) in [6.45, 7) is 0. The Morgan fingerprint density at radius 3 is 2.75 bits per heavy atom. The Morgan fingerprint density at radius 2 is 2.17 bits per heavy atom. The van der Waals surface area contributed by atoms with Crippen molar-refractivity contribution in [3.8, 4) is 11.3 Å². The zero-order valence-corrected chi connectivity index (χ0v) is 8.60.